The molecule has 160 valence electrons. The van der Waals surface area contributed by atoms with Crippen molar-refractivity contribution in [2.75, 3.05) is 17.3 Å². The number of nitrogens with one attached hydrogen (secondary N) is 1. The van der Waals surface area contributed by atoms with E-state index in [-0.39, 0.29) is 0 Å². The summed E-state index contributed by atoms with van der Waals surface area (Å²) >= 11 is 2.99. The summed E-state index contributed by atoms with van der Waals surface area (Å²) in [5.41, 5.74) is 2.20. The maximum atomic E-state index is 13.3. The van der Waals surface area contributed by atoms with Gasteiger partial charge >= 0.3 is 0 Å². The van der Waals surface area contributed by atoms with Crippen LogP contribution in [0.5, 0.6) is 0 Å². The van der Waals surface area contributed by atoms with E-state index in [4.69, 9.17) is 0 Å². The average molecular weight is 454 g/mol. The Morgan fingerprint density at radius 1 is 1.32 bits per heavy atom. The van der Waals surface area contributed by atoms with Crippen LogP contribution in [0.25, 0.3) is 0 Å². The Labute approximate surface area is 189 Å². The zero-order valence-corrected chi connectivity index (χ0v) is 19.1. The van der Waals surface area contributed by atoms with E-state index in [1.165, 1.54) is 11.3 Å². The highest BCUT2D eigenvalue weighted by Gasteiger charge is 2.42. The van der Waals surface area contributed by atoms with Gasteiger partial charge in [0, 0.05) is 4.88 Å². The molecule has 2 heterocycles. The van der Waals surface area contributed by atoms with Crippen LogP contribution in [0.3, 0.4) is 0 Å². The van der Waals surface area contributed by atoms with Gasteiger partial charge in [-0.15, -0.1) is 11.3 Å². The Hall–Kier alpha value is -2.63. The summed E-state index contributed by atoms with van der Waals surface area (Å²) in [6, 6.07) is 7.97. The predicted molar refractivity (Wildman–Crippen MR) is 123 cm³/mol. The maximum absolute atomic E-state index is 13.3. The molecule has 0 radical (unpaired) electrons. The molecule has 0 saturated heterocycles. The van der Waals surface area contributed by atoms with Crippen molar-refractivity contribution in [1.29, 1.82) is 5.26 Å². The Bertz CT molecular complexity index is 1070. The first-order valence-electron chi connectivity index (χ1n) is 10.3. The van der Waals surface area contributed by atoms with Gasteiger partial charge in [-0.2, -0.15) is 17.0 Å². The Kier molecular flexibility index (Phi) is 6.17. The summed E-state index contributed by atoms with van der Waals surface area (Å²) in [5, 5.41) is 13.1. The lowest BCUT2D eigenvalue weighted by Crippen LogP contribution is -2.47. The molecule has 0 saturated carbocycles. The Balaban J connectivity index is 1.63. The molecule has 4 rings (SSSR count). The summed E-state index contributed by atoms with van der Waals surface area (Å²) in [7, 11) is 0. The van der Waals surface area contributed by atoms with E-state index < -0.39 is 23.8 Å². The van der Waals surface area contributed by atoms with E-state index in [1.54, 1.807) is 36.0 Å². The molecule has 2 unspecified atom stereocenters. The third-order valence-corrected chi connectivity index (χ3v) is 7.71. The second-order valence-electron chi connectivity index (χ2n) is 7.98. The first-order valence-corrected chi connectivity index (χ1v) is 12.5. The number of benzene rings is 1. The molecule has 1 aromatic carbocycles. The molecule has 0 fully saturated rings. The molecule has 0 spiro atoms. The summed E-state index contributed by atoms with van der Waals surface area (Å²) in [6.45, 7) is 2.19. The van der Waals surface area contributed by atoms with Crippen molar-refractivity contribution in [1.82, 2.24) is 4.90 Å². The van der Waals surface area contributed by atoms with Crippen LogP contribution in [0.1, 0.15) is 56.5 Å². The fourth-order valence-corrected chi connectivity index (χ4v) is 6.07. The van der Waals surface area contributed by atoms with Crippen LogP contribution in [0.2, 0.25) is 0 Å². The van der Waals surface area contributed by atoms with E-state index in [0.717, 1.165) is 34.6 Å². The van der Waals surface area contributed by atoms with Crippen LogP contribution in [0.15, 0.2) is 24.3 Å². The monoisotopic (exact) mass is 453 g/mol. The molecule has 0 bridgehead atoms. The van der Waals surface area contributed by atoms with Crippen molar-refractivity contribution in [3.8, 4) is 6.07 Å². The molecule has 2 atom stereocenters. The third-order valence-electron chi connectivity index (χ3n) is 5.90. The maximum Gasteiger partial charge on any atom is 0.262 e. The minimum Gasteiger partial charge on any atom is -0.315 e. The lowest BCUT2D eigenvalue weighted by molar-refractivity contribution is -0.120. The molecule has 1 N–H and O–H groups in total. The number of thioether (sulfide) groups is 1. The van der Waals surface area contributed by atoms with E-state index in [0.29, 0.717) is 39.8 Å². The highest BCUT2D eigenvalue weighted by atomic mass is 32.2. The quantitative estimate of drug-likeness (QED) is 0.665. The fraction of sp³-hybridized carbons (Fsp3) is 0.391. The van der Waals surface area contributed by atoms with Gasteiger partial charge in [0.1, 0.15) is 17.1 Å². The molecule has 8 heteroatoms. The minimum absolute atomic E-state index is 0.327. The standard InChI is InChI=1S/C23H23N3O3S2/c1-13-7-8-14-17(12-24)21(31-19(14)11-13)25-20(27)18(9-10-30-2)26-22(28)15-5-3-4-6-16(15)23(26)29/h3-6,13,18H,7-11H2,1-2H3,(H,25,27). The lowest BCUT2D eigenvalue weighted by atomic mass is 9.88. The number of amides is 3. The second-order valence-corrected chi connectivity index (χ2v) is 10.1. The van der Waals surface area contributed by atoms with Crippen LogP contribution in [-0.2, 0) is 17.6 Å². The van der Waals surface area contributed by atoms with Gasteiger partial charge in [0.05, 0.1) is 16.7 Å². The largest absolute Gasteiger partial charge is 0.315 e. The highest BCUT2D eigenvalue weighted by molar-refractivity contribution is 7.98. The van der Waals surface area contributed by atoms with Crippen LogP contribution in [0.4, 0.5) is 5.00 Å². The molecule has 1 aliphatic carbocycles. The number of thiophene rings is 1. The van der Waals surface area contributed by atoms with E-state index in [2.05, 4.69) is 18.3 Å². The first-order chi connectivity index (χ1) is 15.0. The van der Waals surface area contributed by atoms with Gasteiger partial charge in [0.25, 0.3) is 11.8 Å². The number of hydrogen-bond acceptors (Lipinski definition) is 6. The van der Waals surface area contributed by atoms with Gasteiger partial charge in [0.15, 0.2) is 0 Å². The Morgan fingerprint density at radius 3 is 2.61 bits per heavy atom. The summed E-state index contributed by atoms with van der Waals surface area (Å²) in [5.74, 6) is -0.140. The predicted octanol–water partition coefficient (Wildman–Crippen LogP) is 4.10. The van der Waals surface area contributed by atoms with E-state index in [9.17, 15) is 19.6 Å². The molecule has 2 aromatic rings. The number of fused-ring (bicyclic) bond motifs is 2. The number of nitrogens with zero attached hydrogens (tertiary/aromatic N) is 2. The SMILES string of the molecule is CSCCC(C(=O)Nc1sc2c(c1C#N)CCC(C)C2)N1C(=O)c2ccccc2C1=O. The van der Waals surface area contributed by atoms with Gasteiger partial charge in [-0.05, 0) is 61.3 Å². The molecule has 31 heavy (non-hydrogen) atoms. The number of imide groups is 1. The lowest BCUT2D eigenvalue weighted by Gasteiger charge is -2.25. The average Bonchev–Trinajstić information content (AvgIpc) is 3.23. The molecule has 1 aliphatic heterocycles. The first kappa shape index (κ1) is 21.6. The number of carbonyl (C=O) groups excluding carboxylic acids is 3. The van der Waals surface area contributed by atoms with Crippen molar-refractivity contribution >= 4 is 45.8 Å². The van der Waals surface area contributed by atoms with Crippen LogP contribution < -0.4 is 5.32 Å². The Morgan fingerprint density at radius 2 is 2.00 bits per heavy atom. The van der Waals surface area contributed by atoms with Gasteiger partial charge in [-0.1, -0.05) is 19.1 Å². The van der Waals surface area contributed by atoms with Crippen molar-refractivity contribution in [3.05, 3.63) is 51.4 Å². The molecular weight excluding hydrogens is 430 g/mol. The number of hydrogen-bond donors (Lipinski definition) is 1. The van der Waals surface area contributed by atoms with Crippen molar-refractivity contribution in [2.45, 2.75) is 38.6 Å². The number of rotatable bonds is 6. The van der Waals surface area contributed by atoms with Crippen molar-refractivity contribution in [3.63, 3.8) is 0 Å². The molecular formula is C23H23N3O3S2. The molecule has 6 nitrogen and oxygen atoms in total. The third kappa shape index (κ3) is 3.88. The zero-order valence-electron chi connectivity index (χ0n) is 17.4. The smallest absolute Gasteiger partial charge is 0.262 e. The molecule has 1 aromatic heterocycles. The molecule has 2 aliphatic rings. The topological polar surface area (TPSA) is 90.3 Å². The normalized spacial score (nSPS) is 18.4. The van der Waals surface area contributed by atoms with Gasteiger partial charge in [-0.25, -0.2) is 0 Å². The van der Waals surface area contributed by atoms with Gasteiger partial charge in [-0.3, -0.25) is 19.3 Å². The van der Waals surface area contributed by atoms with Crippen molar-refractivity contribution < 1.29 is 14.4 Å². The van der Waals surface area contributed by atoms with Gasteiger partial charge < -0.3 is 5.32 Å². The molecule has 3 amide bonds. The van der Waals surface area contributed by atoms with Crippen molar-refractivity contribution in [2.24, 2.45) is 5.92 Å². The number of anilines is 1. The second kappa shape index (κ2) is 8.85. The van der Waals surface area contributed by atoms with Crippen LogP contribution in [-0.4, -0.2) is 40.7 Å². The zero-order chi connectivity index (χ0) is 22.1. The fourth-order valence-electron chi connectivity index (χ4n) is 4.25. The summed E-state index contributed by atoms with van der Waals surface area (Å²) in [6.07, 6.45) is 5.03. The summed E-state index contributed by atoms with van der Waals surface area (Å²) < 4.78 is 0. The van der Waals surface area contributed by atoms with E-state index in [1.807, 2.05) is 6.26 Å². The van der Waals surface area contributed by atoms with E-state index >= 15 is 0 Å². The number of nitriles is 1. The minimum atomic E-state index is -0.926. The van der Waals surface area contributed by atoms with Crippen LogP contribution >= 0.6 is 23.1 Å². The van der Waals surface area contributed by atoms with Gasteiger partial charge in [0.2, 0.25) is 5.91 Å². The summed E-state index contributed by atoms with van der Waals surface area (Å²) in [4.78, 5) is 41.5. The number of carbonyl (C=O) groups is 3. The van der Waals surface area contributed by atoms with Crippen LogP contribution in [0, 0.1) is 17.2 Å². The highest BCUT2D eigenvalue weighted by Crippen LogP contribution is 2.39.